The van der Waals surface area contributed by atoms with Gasteiger partial charge in [-0.2, -0.15) is 0 Å². The highest BCUT2D eigenvalue weighted by Gasteiger charge is 2.11. The van der Waals surface area contributed by atoms with E-state index in [0.29, 0.717) is 5.92 Å². The first-order valence-corrected chi connectivity index (χ1v) is 6.83. The molecule has 0 aliphatic rings. The molecule has 1 N–H and O–H groups in total. The van der Waals surface area contributed by atoms with Crippen molar-refractivity contribution in [1.29, 1.82) is 0 Å². The molecular formula is C18H25N. The molecule has 0 aliphatic heterocycles. The minimum absolute atomic E-state index is 0.487. The lowest BCUT2D eigenvalue weighted by Crippen LogP contribution is -1.99. The van der Waals surface area contributed by atoms with Crippen LogP contribution in [-0.2, 0) is 0 Å². The van der Waals surface area contributed by atoms with Crippen LogP contribution in [0.4, 0.5) is 5.69 Å². The van der Waals surface area contributed by atoms with E-state index in [1.54, 1.807) is 0 Å². The Morgan fingerprint density at radius 3 is 2.47 bits per heavy atom. The molecule has 0 bridgehead atoms. The second-order valence-electron chi connectivity index (χ2n) is 5.01. The van der Waals surface area contributed by atoms with Gasteiger partial charge in [0.25, 0.3) is 0 Å². The van der Waals surface area contributed by atoms with Gasteiger partial charge in [0, 0.05) is 12.7 Å². The predicted octanol–water partition coefficient (Wildman–Crippen LogP) is 5.39. The third-order valence-corrected chi connectivity index (χ3v) is 3.32. The van der Waals surface area contributed by atoms with Gasteiger partial charge in [-0.15, -0.1) is 0 Å². The molecule has 0 fully saturated rings. The van der Waals surface area contributed by atoms with E-state index in [1.165, 1.54) is 22.3 Å². The average Bonchev–Trinajstić information content (AvgIpc) is 2.43. The second kappa shape index (κ2) is 6.98. The van der Waals surface area contributed by atoms with Gasteiger partial charge in [-0.1, -0.05) is 44.7 Å². The van der Waals surface area contributed by atoms with Crippen LogP contribution in [0.25, 0.3) is 5.57 Å². The Hall–Kier alpha value is -1.76. The summed E-state index contributed by atoms with van der Waals surface area (Å²) < 4.78 is 0. The lowest BCUT2D eigenvalue weighted by Gasteiger charge is -2.17. The normalized spacial score (nSPS) is 12.7. The third kappa shape index (κ3) is 3.60. The maximum Gasteiger partial charge on any atom is 0.0340 e. The summed E-state index contributed by atoms with van der Waals surface area (Å²) in [6, 6.07) is 6.56. The molecule has 0 aliphatic carbocycles. The molecule has 0 spiro atoms. The third-order valence-electron chi connectivity index (χ3n) is 3.32. The second-order valence-corrected chi connectivity index (χ2v) is 5.01. The first-order chi connectivity index (χ1) is 9.04. The molecule has 0 radical (unpaired) electrons. The van der Waals surface area contributed by atoms with Crippen LogP contribution in [0, 0.1) is 0 Å². The molecule has 102 valence electrons. The summed E-state index contributed by atoms with van der Waals surface area (Å²) in [4.78, 5) is 0. The van der Waals surface area contributed by atoms with Crippen molar-refractivity contribution in [3.05, 3.63) is 59.7 Å². The van der Waals surface area contributed by atoms with Crippen molar-refractivity contribution in [1.82, 2.24) is 0 Å². The zero-order valence-corrected chi connectivity index (χ0v) is 12.7. The maximum atomic E-state index is 3.89. The van der Waals surface area contributed by atoms with Crippen LogP contribution in [0.3, 0.4) is 0 Å². The zero-order valence-electron chi connectivity index (χ0n) is 12.7. The van der Waals surface area contributed by atoms with Crippen molar-refractivity contribution in [2.24, 2.45) is 0 Å². The van der Waals surface area contributed by atoms with Gasteiger partial charge in [0.2, 0.25) is 0 Å². The van der Waals surface area contributed by atoms with E-state index in [0.717, 1.165) is 5.69 Å². The molecule has 0 saturated carbocycles. The smallest absolute Gasteiger partial charge is 0.0340 e. The predicted molar refractivity (Wildman–Crippen MR) is 87.7 cm³/mol. The van der Waals surface area contributed by atoms with Gasteiger partial charge in [-0.25, -0.2) is 0 Å². The molecule has 19 heavy (non-hydrogen) atoms. The SMILES string of the molecule is C=C/C(C)=C(\C=C/C)c1ccc(NC)cc1C(C)C. The van der Waals surface area contributed by atoms with Gasteiger partial charge >= 0.3 is 0 Å². The molecule has 1 aromatic rings. The Labute approximate surface area is 117 Å². The fourth-order valence-electron chi connectivity index (χ4n) is 2.15. The largest absolute Gasteiger partial charge is 0.388 e. The number of nitrogens with one attached hydrogen (secondary N) is 1. The van der Waals surface area contributed by atoms with Crippen molar-refractivity contribution in [3.63, 3.8) is 0 Å². The quantitative estimate of drug-likeness (QED) is 0.696. The highest BCUT2D eigenvalue weighted by atomic mass is 14.8. The monoisotopic (exact) mass is 255 g/mol. The summed E-state index contributed by atoms with van der Waals surface area (Å²) >= 11 is 0. The summed E-state index contributed by atoms with van der Waals surface area (Å²) in [5.74, 6) is 0.487. The fraction of sp³-hybridized carbons (Fsp3) is 0.333. The van der Waals surface area contributed by atoms with Gasteiger partial charge in [0.1, 0.15) is 0 Å². The molecule has 0 atom stereocenters. The number of benzene rings is 1. The lowest BCUT2D eigenvalue weighted by molar-refractivity contribution is 0.863. The Balaban J connectivity index is 3.51. The van der Waals surface area contributed by atoms with Gasteiger partial charge < -0.3 is 5.32 Å². The fourth-order valence-corrected chi connectivity index (χ4v) is 2.15. The molecule has 1 heteroatoms. The van der Waals surface area contributed by atoms with Gasteiger partial charge in [0.15, 0.2) is 0 Å². The van der Waals surface area contributed by atoms with E-state index in [1.807, 2.05) is 20.0 Å². The molecule has 0 amide bonds. The summed E-state index contributed by atoms with van der Waals surface area (Å²) in [5, 5.41) is 3.21. The first-order valence-electron chi connectivity index (χ1n) is 6.83. The standard InChI is InChI=1S/C18H25N/c1-7-9-16(14(5)8-2)17-11-10-15(19-6)12-18(17)13(3)4/h7-13,19H,2H2,1,3-6H3/b9-7-,16-14+. The summed E-state index contributed by atoms with van der Waals surface area (Å²) in [7, 11) is 1.96. The highest BCUT2D eigenvalue weighted by Crippen LogP contribution is 2.31. The number of allylic oxidation sites excluding steroid dienone is 5. The van der Waals surface area contributed by atoms with Crippen LogP contribution in [-0.4, -0.2) is 7.05 Å². The van der Waals surface area contributed by atoms with Crippen molar-refractivity contribution in [3.8, 4) is 0 Å². The molecule has 0 saturated heterocycles. The van der Waals surface area contributed by atoms with Crippen LogP contribution in [0.1, 0.15) is 44.7 Å². The zero-order chi connectivity index (χ0) is 14.4. The van der Waals surface area contributed by atoms with E-state index in [4.69, 9.17) is 0 Å². The van der Waals surface area contributed by atoms with Crippen molar-refractivity contribution >= 4 is 11.3 Å². The van der Waals surface area contributed by atoms with E-state index < -0.39 is 0 Å². The Morgan fingerprint density at radius 2 is 2.00 bits per heavy atom. The van der Waals surface area contributed by atoms with Crippen LogP contribution >= 0.6 is 0 Å². The minimum atomic E-state index is 0.487. The number of anilines is 1. The van der Waals surface area contributed by atoms with Gasteiger partial charge in [-0.3, -0.25) is 0 Å². The molecular weight excluding hydrogens is 230 g/mol. The number of hydrogen-bond acceptors (Lipinski definition) is 1. The molecule has 0 heterocycles. The average molecular weight is 255 g/mol. The highest BCUT2D eigenvalue weighted by molar-refractivity contribution is 5.81. The molecule has 1 aromatic carbocycles. The van der Waals surface area contributed by atoms with Crippen molar-refractivity contribution in [2.75, 3.05) is 12.4 Å². The number of hydrogen-bond donors (Lipinski definition) is 1. The first kappa shape index (κ1) is 15.3. The molecule has 1 nitrogen and oxygen atoms in total. The van der Waals surface area contributed by atoms with E-state index in [-0.39, 0.29) is 0 Å². The van der Waals surface area contributed by atoms with Gasteiger partial charge in [-0.05, 0) is 54.2 Å². The minimum Gasteiger partial charge on any atom is -0.388 e. The lowest BCUT2D eigenvalue weighted by atomic mass is 9.89. The summed E-state index contributed by atoms with van der Waals surface area (Å²) in [6.45, 7) is 12.5. The Morgan fingerprint density at radius 1 is 1.32 bits per heavy atom. The summed E-state index contributed by atoms with van der Waals surface area (Å²) in [5.41, 5.74) is 6.27. The van der Waals surface area contributed by atoms with E-state index in [9.17, 15) is 0 Å². The molecule has 1 rings (SSSR count). The van der Waals surface area contributed by atoms with Crippen LogP contribution in [0.15, 0.2) is 48.6 Å². The summed E-state index contributed by atoms with van der Waals surface area (Å²) in [6.07, 6.45) is 6.17. The van der Waals surface area contributed by atoms with E-state index in [2.05, 4.69) is 63.0 Å². The van der Waals surface area contributed by atoms with Gasteiger partial charge in [0.05, 0.1) is 0 Å². The van der Waals surface area contributed by atoms with Crippen molar-refractivity contribution < 1.29 is 0 Å². The Bertz CT molecular complexity index is 504. The number of rotatable bonds is 5. The van der Waals surface area contributed by atoms with Crippen molar-refractivity contribution in [2.45, 2.75) is 33.6 Å². The Kier molecular flexibility index (Phi) is 5.62. The topological polar surface area (TPSA) is 12.0 Å². The molecule has 0 aromatic heterocycles. The van der Waals surface area contributed by atoms with Crippen LogP contribution in [0.5, 0.6) is 0 Å². The maximum absolute atomic E-state index is 3.89. The molecule has 0 unspecified atom stereocenters. The van der Waals surface area contributed by atoms with E-state index >= 15 is 0 Å². The van der Waals surface area contributed by atoms with Crippen LogP contribution in [0.2, 0.25) is 0 Å². The van der Waals surface area contributed by atoms with Crippen LogP contribution < -0.4 is 5.32 Å².